The fourth-order valence-corrected chi connectivity index (χ4v) is 5.86. The second-order valence-corrected chi connectivity index (χ2v) is 9.35. The maximum Gasteiger partial charge on any atom is 0.344 e. The fourth-order valence-electron chi connectivity index (χ4n) is 5.86. The molecule has 4 aliphatic rings. The number of ether oxygens (including phenoxy) is 2. The summed E-state index contributed by atoms with van der Waals surface area (Å²) in [4.78, 5) is 24.8. The second-order valence-electron chi connectivity index (χ2n) is 9.35. The third-order valence-electron chi connectivity index (χ3n) is 6.94. The first kappa shape index (κ1) is 19.3. The van der Waals surface area contributed by atoms with Gasteiger partial charge >= 0.3 is 5.97 Å². The van der Waals surface area contributed by atoms with Crippen LogP contribution in [0.15, 0.2) is 18.2 Å². The number of hydrogen-bond donors (Lipinski definition) is 1. The Balaban J connectivity index is 1.27. The highest BCUT2D eigenvalue weighted by Crippen LogP contribution is 2.55. The quantitative estimate of drug-likeness (QED) is 0.759. The number of carbonyl (C=O) groups is 2. The summed E-state index contributed by atoms with van der Waals surface area (Å²) >= 11 is 0. The van der Waals surface area contributed by atoms with Crippen molar-refractivity contribution in [3.05, 3.63) is 29.3 Å². The van der Waals surface area contributed by atoms with Crippen molar-refractivity contribution in [1.82, 2.24) is 5.32 Å². The maximum atomic E-state index is 12.7. The number of benzene rings is 1. The molecule has 0 radical (unpaired) electrons. The number of aryl methyl sites for hydroxylation is 2. The maximum absolute atomic E-state index is 12.7. The molecule has 0 heterocycles. The lowest BCUT2D eigenvalue weighted by molar-refractivity contribution is -0.158. The summed E-state index contributed by atoms with van der Waals surface area (Å²) in [7, 11) is 0. The van der Waals surface area contributed by atoms with Gasteiger partial charge in [0.05, 0.1) is 0 Å². The molecule has 1 aromatic carbocycles. The molecule has 4 bridgehead atoms. The molecule has 4 saturated carbocycles. The number of carbonyl (C=O) groups excluding carboxylic acids is 2. The Morgan fingerprint density at radius 2 is 1.68 bits per heavy atom. The van der Waals surface area contributed by atoms with E-state index in [1.165, 1.54) is 24.8 Å². The van der Waals surface area contributed by atoms with Crippen molar-refractivity contribution in [1.29, 1.82) is 0 Å². The molecule has 28 heavy (non-hydrogen) atoms. The summed E-state index contributed by atoms with van der Waals surface area (Å²) in [6.45, 7) is 5.47. The molecule has 1 atom stereocenters. The van der Waals surface area contributed by atoms with E-state index in [4.69, 9.17) is 9.47 Å². The highest BCUT2D eigenvalue weighted by Gasteiger charge is 2.51. The molecular weight excluding hydrogens is 354 g/mol. The van der Waals surface area contributed by atoms with Crippen molar-refractivity contribution in [2.75, 3.05) is 6.61 Å². The molecule has 1 N–H and O–H groups in total. The van der Waals surface area contributed by atoms with Crippen molar-refractivity contribution in [3.63, 3.8) is 0 Å². The van der Waals surface area contributed by atoms with Crippen molar-refractivity contribution < 1.29 is 19.1 Å². The topological polar surface area (TPSA) is 64.6 Å². The average molecular weight is 386 g/mol. The van der Waals surface area contributed by atoms with Crippen LogP contribution in [0.5, 0.6) is 5.75 Å². The third-order valence-corrected chi connectivity index (χ3v) is 6.94. The SMILES string of the molecule is Cc1ccc(OCC(=O)O[C@H](C)C(=O)NC23CC4CC(CC(C4)C2)C3)cc1C. The van der Waals surface area contributed by atoms with Crippen LogP contribution in [-0.2, 0) is 14.3 Å². The first-order valence-corrected chi connectivity index (χ1v) is 10.5. The number of nitrogens with one attached hydrogen (secondary N) is 1. The lowest BCUT2D eigenvalue weighted by Gasteiger charge is -2.57. The Bertz CT molecular complexity index is 737. The molecule has 5 nitrogen and oxygen atoms in total. The van der Waals surface area contributed by atoms with Crippen LogP contribution in [0.1, 0.15) is 56.6 Å². The van der Waals surface area contributed by atoms with Gasteiger partial charge < -0.3 is 14.8 Å². The van der Waals surface area contributed by atoms with Crippen LogP contribution in [0.4, 0.5) is 0 Å². The summed E-state index contributed by atoms with van der Waals surface area (Å²) in [5.74, 6) is 2.21. The predicted octanol–water partition coefficient (Wildman–Crippen LogP) is 3.70. The molecular formula is C23H31NO4. The molecule has 0 aliphatic heterocycles. The van der Waals surface area contributed by atoms with Gasteiger partial charge in [-0.25, -0.2) is 4.79 Å². The molecule has 5 rings (SSSR count). The molecule has 152 valence electrons. The number of esters is 1. The van der Waals surface area contributed by atoms with Gasteiger partial charge in [0.2, 0.25) is 0 Å². The molecule has 4 fully saturated rings. The molecule has 1 aromatic rings. The largest absolute Gasteiger partial charge is 0.482 e. The zero-order valence-electron chi connectivity index (χ0n) is 17.1. The summed E-state index contributed by atoms with van der Waals surface area (Å²) < 4.78 is 10.8. The van der Waals surface area contributed by atoms with E-state index < -0.39 is 12.1 Å². The molecule has 5 heteroatoms. The van der Waals surface area contributed by atoms with Gasteiger partial charge in [-0.05, 0) is 100 Å². The van der Waals surface area contributed by atoms with Crippen molar-refractivity contribution in [2.45, 2.75) is 70.9 Å². The van der Waals surface area contributed by atoms with Gasteiger partial charge in [-0.2, -0.15) is 0 Å². The highest BCUT2D eigenvalue weighted by molar-refractivity contribution is 5.84. The highest BCUT2D eigenvalue weighted by atomic mass is 16.6. The number of rotatable bonds is 6. The molecule has 0 aromatic heterocycles. The van der Waals surface area contributed by atoms with E-state index in [-0.39, 0.29) is 18.1 Å². The minimum Gasteiger partial charge on any atom is -0.482 e. The lowest BCUT2D eigenvalue weighted by Crippen LogP contribution is -2.61. The van der Waals surface area contributed by atoms with E-state index >= 15 is 0 Å². The zero-order valence-corrected chi connectivity index (χ0v) is 17.1. The van der Waals surface area contributed by atoms with Gasteiger partial charge in [-0.15, -0.1) is 0 Å². The Kier molecular flexibility index (Phi) is 5.11. The van der Waals surface area contributed by atoms with E-state index in [0.29, 0.717) is 5.75 Å². The zero-order chi connectivity index (χ0) is 19.9. The minimum atomic E-state index is -0.802. The van der Waals surface area contributed by atoms with Gasteiger partial charge in [0.15, 0.2) is 12.7 Å². The Hall–Kier alpha value is -2.04. The molecule has 4 aliphatic carbocycles. The van der Waals surface area contributed by atoms with Crippen LogP contribution in [0.2, 0.25) is 0 Å². The van der Waals surface area contributed by atoms with E-state index in [9.17, 15) is 9.59 Å². The summed E-state index contributed by atoms with van der Waals surface area (Å²) in [6.07, 6.45) is 6.44. The molecule has 1 amide bonds. The van der Waals surface area contributed by atoms with Gasteiger partial charge in [0.1, 0.15) is 5.75 Å². The van der Waals surface area contributed by atoms with Crippen LogP contribution < -0.4 is 10.1 Å². The van der Waals surface area contributed by atoms with Crippen LogP contribution in [-0.4, -0.2) is 30.1 Å². The Labute approximate surface area is 167 Å². The van der Waals surface area contributed by atoms with Crippen LogP contribution in [0, 0.1) is 31.6 Å². The summed E-state index contributed by atoms with van der Waals surface area (Å²) in [5, 5.41) is 3.26. The monoisotopic (exact) mass is 385 g/mol. The first-order valence-electron chi connectivity index (χ1n) is 10.5. The second kappa shape index (κ2) is 7.41. The van der Waals surface area contributed by atoms with E-state index in [1.807, 2.05) is 32.0 Å². The van der Waals surface area contributed by atoms with Gasteiger partial charge in [-0.3, -0.25) is 4.79 Å². The first-order chi connectivity index (χ1) is 13.3. The Morgan fingerprint density at radius 3 is 2.25 bits per heavy atom. The minimum absolute atomic E-state index is 0.0670. The number of hydrogen-bond acceptors (Lipinski definition) is 4. The molecule has 0 spiro atoms. The Morgan fingerprint density at radius 1 is 1.07 bits per heavy atom. The fraction of sp³-hybridized carbons (Fsp3) is 0.652. The van der Waals surface area contributed by atoms with Crippen molar-refractivity contribution in [2.24, 2.45) is 17.8 Å². The van der Waals surface area contributed by atoms with E-state index in [0.717, 1.165) is 42.6 Å². The summed E-state index contributed by atoms with van der Waals surface area (Å²) in [5.41, 5.74) is 2.21. The van der Waals surface area contributed by atoms with Gasteiger partial charge in [0, 0.05) is 5.54 Å². The average Bonchev–Trinajstić information content (AvgIpc) is 2.61. The van der Waals surface area contributed by atoms with Crippen LogP contribution in [0.25, 0.3) is 0 Å². The lowest BCUT2D eigenvalue weighted by atomic mass is 9.53. The van der Waals surface area contributed by atoms with Crippen molar-refractivity contribution >= 4 is 11.9 Å². The normalized spacial score (nSPS) is 31.3. The van der Waals surface area contributed by atoms with Crippen LogP contribution in [0.3, 0.4) is 0 Å². The van der Waals surface area contributed by atoms with Gasteiger partial charge in [-0.1, -0.05) is 6.07 Å². The van der Waals surface area contributed by atoms with Gasteiger partial charge in [0.25, 0.3) is 5.91 Å². The van der Waals surface area contributed by atoms with Crippen LogP contribution >= 0.6 is 0 Å². The third kappa shape index (κ3) is 4.03. The summed E-state index contributed by atoms with van der Waals surface area (Å²) in [6, 6.07) is 5.68. The smallest absolute Gasteiger partial charge is 0.344 e. The van der Waals surface area contributed by atoms with E-state index in [2.05, 4.69) is 5.32 Å². The van der Waals surface area contributed by atoms with Crippen molar-refractivity contribution in [3.8, 4) is 5.75 Å². The standard InChI is InChI=1S/C23H31NO4/c1-14-4-5-20(6-15(14)2)27-13-21(25)28-16(3)22(26)24-23-10-17-7-18(11-23)9-19(8-17)12-23/h4-6,16-19H,7-13H2,1-3H3,(H,24,26)/t16-,17?,18?,19?,23?/m1/s1. The van der Waals surface area contributed by atoms with E-state index in [1.54, 1.807) is 6.92 Å². The molecule has 0 saturated heterocycles. The molecule has 0 unspecified atom stereocenters. The number of amides is 1. The predicted molar refractivity (Wildman–Crippen MR) is 106 cm³/mol.